The Kier molecular flexibility index (Phi) is 3.08. The van der Waals surface area contributed by atoms with Gasteiger partial charge in [0.05, 0.1) is 0 Å². The molecule has 0 nitrogen and oxygen atoms in total. The Hall–Kier alpha value is -0.855. The maximum absolute atomic E-state index is 13.6. The SMILES string of the molecule is [B]c1ccc(C2CCCCC2)c(F)c1F. The molecule has 1 aromatic rings. The predicted molar refractivity (Wildman–Crippen MR) is 57.6 cm³/mol. The average molecular weight is 206 g/mol. The molecule has 3 heteroatoms. The van der Waals surface area contributed by atoms with Gasteiger partial charge in [0, 0.05) is 0 Å². The first-order valence-electron chi connectivity index (χ1n) is 5.43. The van der Waals surface area contributed by atoms with Gasteiger partial charge in [-0.15, -0.1) is 0 Å². The van der Waals surface area contributed by atoms with Crippen molar-refractivity contribution >= 4 is 13.3 Å². The molecule has 78 valence electrons. The molecule has 0 bridgehead atoms. The van der Waals surface area contributed by atoms with Crippen LogP contribution in [0.25, 0.3) is 0 Å². The van der Waals surface area contributed by atoms with E-state index in [1.807, 2.05) is 0 Å². The highest BCUT2D eigenvalue weighted by Crippen LogP contribution is 2.33. The minimum absolute atomic E-state index is 0.105. The third kappa shape index (κ3) is 2.06. The highest BCUT2D eigenvalue weighted by Gasteiger charge is 2.21. The van der Waals surface area contributed by atoms with Crippen LogP contribution in [0.1, 0.15) is 43.6 Å². The van der Waals surface area contributed by atoms with E-state index in [1.54, 1.807) is 6.07 Å². The molecule has 0 unspecified atom stereocenters. The summed E-state index contributed by atoms with van der Waals surface area (Å²) in [6.45, 7) is 0. The molecule has 0 aliphatic heterocycles. The van der Waals surface area contributed by atoms with E-state index in [1.165, 1.54) is 12.5 Å². The Morgan fingerprint density at radius 3 is 2.33 bits per heavy atom. The van der Waals surface area contributed by atoms with E-state index in [4.69, 9.17) is 7.85 Å². The number of benzene rings is 1. The lowest BCUT2D eigenvalue weighted by atomic mass is 9.82. The zero-order valence-corrected chi connectivity index (χ0v) is 8.60. The highest BCUT2D eigenvalue weighted by atomic mass is 19.2. The summed E-state index contributed by atoms with van der Waals surface area (Å²) in [4.78, 5) is 0. The Morgan fingerprint density at radius 2 is 1.67 bits per heavy atom. The molecule has 15 heavy (non-hydrogen) atoms. The molecule has 0 saturated heterocycles. The summed E-state index contributed by atoms with van der Waals surface area (Å²) in [6.07, 6.45) is 5.34. The summed E-state index contributed by atoms with van der Waals surface area (Å²) >= 11 is 0. The number of hydrogen-bond donors (Lipinski definition) is 0. The minimum Gasteiger partial charge on any atom is -0.204 e. The Labute approximate surface area is 90.1 Å². The molecule has 2 rings (SSSR count). The Balaban J connectivity index is 2.31. The van der Waals surface area contributed by atoms with E-state index in [0.29, 0.717) is 5.56 Å². The zero-order chi connectivity index (χ0) is 10.8. The van der Waals surface area contributed by atoms with Gasteiger partial charge in [-0.1, -0.05) is 36.9 Å². The van der Waals surface area contributed by atoms with Gasteiger partial charge < -0.3 is 0 Å². The standard InChI is InChI=1S/C12H13BF2/c13-10-7-6-9(11(14)12(10)15)8-4-2-1-3-5-8/h6-8H,1-5H2. The molecule has 1 fully saturated rings. The van der Waals surface area contributed by atoms with Crippen molar-refractivity contribution in [2.24, 2.45) is 0 Å². The predicted octanol–water partition coefficient (Wildman–Crippen LogP) is 2.81. The molecule has 0 aromatic heterocycles. The summed E-state index contributed by atoms with van der Waals surface area (Å²) in [5, 5.41) is 0. The van der Waals surface area contributed by atoms with Gasteiger partial charge in [0.25, 0.3) is 0 Å². The maximum Gasteiger partial charge on any atom is 0.161 e. The maximum atomic E-state index is 13.6. The fourth-order valence-electron chi connectivity index (χ4n) is 2.31. The zero-order valence-electron chi connectivity index (χ0n) is 8.60. The van der Waals surface area contributed by atoms with Crippen LogP contribution in [0.5, 0.6) is 0 Å². The first-order chi connectivity index (χ1) is 7.20. The van der Waals surface area contributed by atoms with Gasteiger partial charge in [-0.05, 0) is 24.3 Å². The van der Waals surface area contributed by atoms with Crippen molar-refractivity contribution in [3.63, 3.8) is 0 Å². The van der Waals surface area contributed by atoms with Crippen LogP contribution in [0.2, 0.25) is 0 Å². The monoisotopic (exact) mass is 206 g/mol. The van der Waals surface area contributed by atoms with Gasteiger partial charge in [-0.2, -0.15) is 0 Å². The van der Waals surface area contributed by atoms with E-state index in [0.717, 1.165) is 25.7 Å². The molecule has 0 atom stereocenters. The van der Waals surface area contributed by atoms with Crippen LogP contribution in [0.4, 0.5) is 8.78 Å². The summed E-state index contributed by atoms with van der Waals surface area (Å²) < 4.78 is 26.8. The first-order valence-corrected chi connectivity index (χ1v) is 5.43. The summed E-state index contributed by atoms with van der Waals surface area (Å²) in [5.74, 6) is -1.46. The average Bonchev–Trinajstić information content (AvgIpc) is 2.27. The van der Waals surface area contributed by atoms with Crippen molar-refractivity contribution in [1.82, 2.24) is 0 Å². The van der Waals surface area contributed by atoms with Crippen molar-refractivity contribution in [2.75, 3.05) is 0 Å². The molecule has 0 spiro atoms. The van der Waals surface area contributed by atoms with Gasteiger partial charge in [-0.3, -0.25) is 0 Å². The van der Waals surface area contributed by atoms with E-state index in [-0.39, 0.29) is 11.4 Å². The van der Waals surface area contributed by atoms with Crippen LogP contribution in [0.15, 0.2) is 12.1 Å². The van der Waals surface area contributed by atoms with E-state index in [9.17, 15) is 8.78 Å². The van der Waals surface area contributed by atoms with Gasteiger partial charge in [0.2, 0.25) is 0 Å². The molecular weight excluding hydrogens is 193 g/mol. The minimum atomic E-state index is -0.891. The summed E-state index contributed by atoms with van der Waals surface area (Å²) in [5.41, 5.74) is 0.397. The molecule has 1 aliphatic rings. The second-order valence-electron chi connectivity index (χ2n) is 4.21. The summed E-state index contributed by atoms with van der Waals surface area (Å²) in [7, 11) is 5.30. The molecular formula is C12H13BF2. The highest BCUT2D eigenvalue weighted by molar-refractivity contribution is 6.32. The third-order valence-electron chi connectivity index (χ3n) is 3.19. The smallest absolute Gasteiger partial charge is 0.161 e. The molecule has 1 aliphatic carbocycles. The second kappa shape index (κ2) is 4.34. The van der Waals surface area contributed by atoms with E-state index < -0.39 is 11.6 Å². The topological polar surface area (TPSA) is 0 Å². The van der Waals surface area contributed by atoms with Crippen molar-refractivity contribution in [1.29, 1.82) is 0 Å². The van der Waals surface area contributed by atoms with Gasteiger partial charge in [-0.25, -0.2) is 8.78 Å². The molecule has 2 radical (unpaired) electrons. The van der Waals surface area contributed by atoms with Crippen molar-refractivity contribution < 1.29 is 8.78 Å². The van der Waals surface area contributed by atoms with E-state index in [2.05, 4.69) is 0 Å². The van der Waals surface area contributed by atoms with Crippen LogP contribution in [-0.4, -0.2) is 7.85 Å². The van der Waals surface area contributed by atoms with Crippen LogP contribution in [0, 0.1) is 11.6 Å². The fraction of sp³-hybridized carbons (Fsp3) is 0.500. The summed E-state index contributed by atoms with van der Waals surface area (Å²) in [6, 6.07) is 3.09. The molecule has 0 amide bonds. The number of hydrogen-bond acceptors (Lipinski definition) is 0. The van der Waals surface area contributed by atoms with Crippen molar-refractivity contribution in [3.05, 3.63) is 29.3 Å². The Morgan fingerprint density at radius 1 is 1.00 bits per heavy atom. The van der Waals surface area contributed by atoms with Crippen molar-refractivity contribution in [2.45, 2.75) is 38.0 Å². The molecule has 0 heterocycles. The van der Waals surface area contributed by atoms with Crippen LogP contribution in [0.3, 0.4) is 0 Å². The van der Waals surface area contributed by atoms with Gasteiger partial charge >= 0.3 is 0 Å². The van der Waals surface area contributed by atoms with Crippen LogP contribution < -0.4 is 5.46 Å². The van der Waals surface area contributed by atoms with E-state index >= 15 is 0 Å². The number of rotatable bonds is 1. The largest absolute Gasteiger partial charge is 0.204 e. The normalized spacial score (nSPS) is 18.0. The van der Waals surface area contributed by atoms with Gasteiger partial charge in [0.15, 0.2) is 11.6 Å². The molecule has 1 aromatic carbocycles. The lowest BCUT2D eigenvalue weighted by molar-refractivity contribution is 0.418. The second-order valence-corrected chi connectivity index (χ2v) is 4.21. The lowest BCUT2D eigenvalue weighted by Gasteiger charge is -2.22. The van der Waals surface area contributed by atoms with Crippen LogP contribution in [-0.2, 0) is 0 Å². The first kappa shape index (κ1) is 10.7. The molecule has 0 N–H and O–H groups in total. The van der Waals surface area contributed by atoms with Crippen molar-refractivity contribution in [3.8, 4) is 0 Å². The van der Waals surface area contributed by atoms with Gasteiger partial charge in [0.1, 0.15) is 7.85 Å². The lowest BCUT2D eigenvalue weighted by Crippen LogP contribution is -2.15. The molecule has 1 saturated carbocycles. The van der Waals surface area contributed by atoms with Crippen LogP contribution >= 0.6 is 0 Å². The quantitative estimate of drug-likeness (QED) is 0.619. The number of halogens is 2. The third-order valence-corrected chi connectivity index (χ3v) is 3.19. The fourth-order valence-corrected chi connectivity index (χ4v) is 2.31. The Bertz CT molecular complexity index is 357.